The summed E-state index contributed by atoms with van der Waals surface area (Å²) in [6, 6.07) is -4.41. The maximum Gasteiger partial charge on any atom is 0.244 e. The first-order valence-electron chi connectivity index (χ1n) is 24.1. The van der Waals surface area contributed by atoms with Gasteiger partial charge >= 0.3 is 0 Å². The van der Waals surface area contributed by atoms with Gasteiger partial charge in [0.05, 0.1) is 54.9 Å². The number of hydrogen-bond acceptors (Lipinski definition) is 16. The van der Waals surface area contributed by atoms with Crippen molar-refractivity contribution in [1.29, 1.82) is 0 Å². The van der Waals surface area contributed by atoms with Gasteiger partial charge in [-0.25, -0.2) is 4.90 Å². The van der Waals surface area contributed by atoms with Crippen molar-refractivity contribution < 1.29 is 63.2 Å². The van der Waals surface area contributed by atoms with Crippen molar-refractivity contribution in [2.24, 2.45) is 23.3 Å². The van der Waals surface area contributed by atoms with Crippen LogP contribution in [0.2, 0.25) is 0 Å². The Labute approximate surface area is 414 Å². The summed E-state index contributed by atoms with van der Waals surface area (Å²) in [6.45, 7) is 2.69. The molecule has 0 aliphatic carbocycles. The van der Waals surface area contributed by atoms with E-state index in [1.807, 2.05) is 0 Å². The van der Waals surface area contributed by atoms with E-state index in [2.05, 4.69) is 42.2 Å². The minimum absolute atomic E-state index is 0.0746. The standard InChI is InChI=1S/C46H67N11O13S/c1-4-22(2)37-43(68)50-17-35(62)51-31-21-71-45-27-15-30(40(65)49-18-36(63)55-37)53-44(69)38(23(3)33(60)20-58)56-42(67)32-13-24(59)19-57(32)46(11-7-5-6-8-12-47,39(64)29(16-34(48)61)52-41(31)66)70-25-9-10-26(27)28(14-25)54-45/h9-10,14,22-24,29-33,37-38,54,58-60H,4-8,11-13,15-21,47H2,1-3H3,(H2,48,61)(H,49,65)(H,50,68)(H,51,62)(H,52,66)(H,53,69)(H,55,63)(H,56,67)/t22-,23-,24+,29-,30?,31?,32-,33-,37-,38-,46?/m0/s1. The predicted molar refractivity (Wildman–Crippen MR) is 256 cm³/mol. The molecule has 0 radical (unpaired) electrons. The van der Waals surface area contributed by atoms with Gasteiger partial charge in [0.2, 0.25) is 58.8 Å². The Morgan fingerprint density at radius 3 is 2.27 bits per heavy atom. The third kappa shape index (κ3) is 12.8. The number of H-pyrrole nitrogens is 1. The number of aliphatic hydroxyl groups is 3. The molecular weight excluding hydrogens is 947 g/mol. The number of primary amides is 1. The molecule has 1 fully saturated rings. The molecule has 15 N–H and O–H groups in total. The highest BCUT2D eigenvalue weighted by Gasteiger charge is 2.57. The Morgan fingerprint density at radius 2 is 1.58 bits per heavy atom. The molecule has 8 bridgehead atoms. The first kappa shape index (κ1) is 54.5. The number of thioether (sulfide) groups is 1. The number of fused-ring (bicyclic) bond motifs is 7. The number of benzene rings is 1. The van der Waals surface area contributed by atoms with E-state index in [4.69, 9.17) is 16.2 Å². The third-order valence-electron chi connectivity index (χ3n) is 13.7. The summed E-state index contributed by atoms with van der Waals surface area (Å²) in [5.74, 6) is -10.00. The highest BCUT2D eigenvalue weighted by molar-refractivity contribution is 7.99. The second kappa shape index (κ2) is 24.0. The summed E-state index contributed by atoms with van der Waals surface area (Å²) < 4.78 is 6.90. The summed E-state index contributed by atoms with van der Waals surface area (Å²) in [5.41, 5.74) is 10.1. The van der Waals surface area contributed by atoms with E-state index in [1.54, 1.807) is 32.0 Å². The number of carbonyl (C=O) groups is 9. The first-order valence-corrected chi connectivity index (χ1v) is 25.1. The number of unbranched alkanes of at least 4 members (excludes halogenated alkanes) is 3. The number of ether oxygens (including phenoxy) is 1. The van der Waals surface area contributed by atoms with Gasteiger partial charge < -0.3 is 73.7 Å². The predicted octanol–water partition coefficient (Wildman–Crippen LogP) is -3.60. The molecule has 1 saturated heterocycles. The molecule has 7 rings (SSSR count). The zero-order valence-electron chi connectivity index (χ0n) is 40.0. The molecule has 6 heterocycles. The zero-order valence-corrected chi connectivity index (χ0v) is 40.9. The second-order valence-corrected chi connectivity index (χ2v) is 19.8. The number of nitrogens with one attached hydrogen (secondary N) is 8. The van der Waals surface area contributed by atoms with E-state index in [0.717, 1.165) is 11.8 Å². The maximum atomic E-state index is 15.8. The van der Waals surface area contributed by atoms with Gasteiger partial charge in [-0.1, -0.05) is 40.0 Å². The Balaban J connectivity index is 1.64. The number of aromatic amines is 1. The molecule has 0 saturated carbocycles. The first-order chi connectivity index (χ1) is 33.8. The normalized spacial score (nSPS) is 28.7. The van der Waals surface area contributed by atoms with Gasteiger partial charge in [0.15, 0.2) is 0 Å². The Kier molecular flexibility index (Phi) is 18.4. The largest absolute Gasteiger partial charge is 0.465 e. The Bertz CT molecular complexity index is 2350. The van der Waals surface area contributed by atoms with Gasteiger partial charge in [0.1, 0.15) is 36.0 Å². The lowest BCUT2D eigenvalue weighted by Gasteiger charge is -2.45. The fourth-order valence-electron chi connectivity index (χ4n) is 9.48. The molecule has 390 valence electrons. The van der Waals surface area contributed by atoms with E-state index >= 15 is 4.79 Å². The zero-order chi connectivity index (χ0) is 51.7. The average molecular weight is 1010 g/mol. The van der Waals surface area contributed by atoms with Crippen LogP contribution < -0.4 is 53.4 Å². The Hall–Kier alpha value is -5.86. The van der Waals surface area contributed by atoms with E-state index in [9.17, 15) is 53.7 Å². The van der Waals surface area contributed by atoms with Crippen LogP contribution >= 0.6 is 11.8 Å². The van der Waals surface area contributed by atoms with Crippen molar-refractivity contribution in [3.8, 4) is 5.75 Å². The van der Waals surface area contributed by atoms with Gasteiger partial charge in [-0.2, -0.15) is 0 Å². The van der Waals surface area contributed by atoms with Crippen LogP contribution in [0.15, 0.2) is 23.2 Å². The fourth-order valence-corrected chi connectivity index (χ4v) is 10.6. The molecule has 25 heteroatoms. The van der Waals surface area contributed by atoms with Crippen LogP contribution in [-0.4, -0.2) is 171 Å². The lowest BCUT2D eigenvalue weighted by atomic mass is 9.89. The number of nitrogens with zero attached hydrogens (tertiary/aromatic N) is 1. The van der Waals surface area contributed by atoms with Gasteiger partial charge in [-0.15, -0.1) is 11.8 Å². The van der Waals surface area contributed by atoms with Crippen molar-refractivity contribution in [2.45, 2.75) is 138 Å². The molecule has 8 amide bonds. The van der Waals surface area contributed by atoms with Crippen molar-refractivity contribution >= 4 is 75.7 Å². The number of aromatic nitrogens is 1. The van der Waals surface area contributed by atoms with Gasteiger partial charge in [-0.3, -0.25) is 43.2 Å². The van der Waals surface area contributed by atoms with E-state index in [0.29, 0.717) is 53.7 Å². The van der Waals surface area contributed by atoms with Crippen LogP contribution in [0.4, 0.5) is 0 Å². The van der Waals surface area contributed by atoms with Crippen LogP contribution in [0.1, 0.15) is 77.7 Å². The van der Waals surface area contributed by atoms with E-state index in [1.165, 1.54) is 11.8 Å². The quantitative estimate of drug-likeness (QED) is 0.0863. The smallest absolute Gasteiger partial charge is 0.244 e. The minimum Gasteiger partial charge on any atom is -0.465 e. The monoisotopic (exact) mass is 1010 g/mol. The SMILES string of the molecule is CC[C@H](C)[C@@H]1NC(=O)CNC(=O)C2Cc3c4[nH]c5cc(ccc35)OC(CCCCCCN)(C(=O)[C@H](CC(N)=O)NC(=O)C(CS4)NC(=O)CNC1=O)N1C[C@H](O)C[C@H]1C(=O)N[C@@H]([C@@H](C)[C@@H](O)CO)C(=O)N2. The van der Waals surface area contributed by atoms with Gasteiger partial charge in [0.25, 0.3) is 0 Å². The Morgan fingerprint density at radius 1 is 0.873 bits per heavy atom. The molecule has 5 aliphatic heterocycles. The van der Waals surface area contributed by atoms with Gasteiger partial charge in [-0.05, 0) is 49.4 Å². The molecule has 24 nitrogen and oxygen atoms in total. The summed E-state index contributed by atoms with van der Waals surface area (Å²) in [6.07, 6.45) is -2.10. The van der Waals surface area contributed by atoms with E-state index in [-0.39, 0.29) is 43.7 Å². The van der Waals surface area contributed by atoms with Crippen LogP contribution in [0.25, 0.3) is 10.9 Å². The number of aliphatic hydroxyl groups excluding tert-OH is 3. The number of amides is 8. The van der Waals surface area contributed by atoms with Crippen LogP contribution in [0.3, 0.4) is 0 Å². The van der Waals surface area contributed by atoms with Crippen LogP contribution in [0, 0.1) is 11.8 Å². The molecule has 1 aromatic carbocycles. The number of hydrogen-bond donors (Lipinski definition) is 13. The number of Topliss-reactive ketones (excluding diaryl/α,β-unsaturated/α-hetero) is 1. The highest BCUT2D eigenvalue weighted by Crippen LogP contribution is 2.40. The molecule has 11 atom stereocenters. The molecular formula is C46H67N11O13S. The molecule has 0 spiro atoms. The molecule has 1 aromatic heterocycles. The summed E-state index contributed by atoms with van der Waals surface area (Å²) >= 11 is 1.02. The lowest BCUT2D eigenvalue weighted by molar-refractivity contribution is -0.166. The second-order valence-electron chi connectivity index (χ2n) is 18.8. The lowest BCUT2D eigenvalue weighted by Crippen LogP contribution is -2.68. The minimum atomic E-state index is -2.29. The fraction of sp³-hybridized carbons (Fsp3) is 0.630. The number of ketones is 1. The van der Waals surface area contributed by atoms with Crippen molar-refractivity contribution in [1.82, 2.24) is 47.1 Å². The van der Waals surface area contributed by atoms with Crippen molar-refractivity contribution in [3.05, 3.63) is 23.8 Å². The number of carbonyl (C=O) groups excluding carboxylic acids is 9. The highest BCUT2D eigenvalue weighted by atomic mass is 32.2. The molecule has 3 unspecified atom stereocenters. The van der Waals surface area contributed by atoms with Crippen LogP contribution in [0.5, 0.6) is 5.75 Å². The van der Waals surface area contributed by atoms with Crippen molar-refractivity contribution in [3.63, 3.8) is 0 Å². The summed E-state index contributed by atoms with van der Waals surface area (Å²) in [7, 11) is 0. The van der Waals surface area contributed by atoms with E-state index < -0.39 is 145 Å². The topological polar surface area (TPSA) is 379 Å². The summed E-state index contributed by atoms with van der Waals surface area (Å²) in [5, 5.41) is 51.6. The van der Waals surface area contributed by atoms with Gasteiger partial charge in [0, 0.05) is 42.5 Å². The summed E-state index contributed by atoms with van der Waals surface area (Å²) in [4.78, 5) is 133. The number of rotatable bonds is 13. The van der Waals surface area contributed by atoms with Crippen molar-refractivity contribution in [2.75, 3.05) is 38.5 Å². The average Bonchev–Trinajstić information content (AvgIpc) is 3.90. The molecule has 5 aliphatic rings. The molecule has 71 heavy (non-hydrogen) atoms. The van der Waals surface area contributed by atoms with Crippen LogP contribution in [-0.2, 0) is 49.6 Å². The third-order valence-corrected chi connectivity index (χ3v) is 14.8. The molecule has 2 aromatic rings. The number of nitrogens with two attached hydrogens (primary N) is 2. The maximum absolute atomic E-state index is 15.8.